The lowest BCUT2D eigenvalue weighted by molar-refractivity contribution is 0.282. The second-order valence-electron chi connectivity index (χ2n) is 3.26. The van der Waals surface area contributed by atoms with Gasteiger partial charge in [0.25, 0.3) is 0 Å². The van der Waals surface area contributed by atoms with Gasteiger partial charge in [-0.3, -0.25) is 0 Å². The van der Waals surface area contributed by atoms with Gasteiger partial charge in [0, 0.05) is 5.88 Å². The van der Waals surface area contributed by atoms with Crippen LogP contribution in [0.25, 0.3) is 0 Å². The van der Waals surface area contributed by atoms with Gasteiger partial charge in [-0.15, -0.1) is 11.6 Å². The first kappa shape index (κ1) is 12.8. The summed E-state index contributed by atoms with van der Waals surface area (Å²) in [7, 11) is 0. The maximum Gasteiger partial charge on any atom is 0.0681 e. The maximum absolute atomic E-state index is 8.54. The minimum Gasteiger partial charge on any atom is -0.392 e. The molecule has 2 aromatic carbocycles. The fourth-order valence-electron chi connectivity index (χ4n) is 1.15. The summed E-state index contributed by atoms with van der Waals surface area (Å²) < 4.78 is 0. The number of aliphatic hydroxyl groups is 1. The first-order valence-corrected chi connectivity index (χ1v) is 5.65. The summed E-state index contributed by atoms with van der Waals surface area (Å²) in [4.78, 5) is 0. The Labute approximate surface area is 101 Å². The summed E-state index contributed by atoms with van der Waals surface area (Å²) in [5.74, 6) is 0.612. The molecule has 0 spiro atoms. The molecule has 2 aromatic rings. The molecule has 1 nitrogen and oxygen atoms in total. The molecule has 0 atom stereocenters. The third-order valence-corrected chi connectivity index (χ3v) is 2.33. The standard InChI is InChI=1S/C7H7Cl.C7H8O/c2*8-6-7-4-2-1-3-5-7/h1-5H,6H2;1-5,8H,6H2. The van der Waals surface area contributed by atoms with E-state index in [0.29, 0.717) is 5.88 Å². The van der Waals surface area contributed by atoms with Gasteiger partial charge in [-0.05, 0) is 11.1 Å². The molecule has 84 valence electrons. The first-order chi connectivity index (χ1) is 7.86. The Balaban J connectivity index is 0.000000160. The molecule has 2 heteroatoms. The van der Waals surface area contributed by atoms with Gasteiger partial charge in [0.2, 0.25) is 0 Å². The fourth-order valence-corrected chi connectivity index (χ4v) is 1.33. The molecule has 0 aliphatic heterocycles. The van der Waals surface area contributed by atoms with Gasteiger partial charge in [0.15, 0.2) is 0 Å². The molecule has 0 saturated heterocycles. The SMILES string of the molecule is ClCc1ccccc1.OCc1ccccc1. The summed E-state index contributed by atoms with van der Waals surface area (Å²) in [5.41, 5.74) is 2.14. The molecule has 0 unspecified atom stereocenters. The van der Waals surface area contributed by atoms with Crippen LogP contribution in [0.1, 0.15) is 11.1 Å². The van der Waals surface area contributed by atoms with Crippen molar-refractivity contribution in [3.8, 4) is 0 Å². The van der Waals surface area contributed by atoms with Crippen LogP contribution >= 0.6 is 11.6 Å². The molecule has 16 heavy (non-hydrogen) atoms. The Morgan fingerprint density at radius 3 is 1.44 bits per heavy atom. The minimum absolute atomic E-state index is 0.140. The number of hydrogen-bond donors (Lipinski definition) is 1. The van der Waals surface area contributed by atoms with E-state index in [9.17, 15) is 0 Å². The number of alkyl halides is 1. The Morgan fingerprint density at radius 2 is 1.19 bits per heavy atom. The summed E-state index contributed by atoms with van der Waals surface area (Å²) in [5, 5.41) is 8.54. The van der Waals surface area contributed by atoms with Gasteiger partial charge in [0.1, 0.15) is 0 Å². The summed E-state index contributed by atoms with van der Waals surface area (Å²) >= 11 is 5.53. The van der Waals surface area contributed by atoms with Gasteiger partial charge in [-0.2, -0.15) is 0 Å². The van der Waals surface area contributed by atoms with E-state index in [1.54, 1.807) is 0 Å². The van der Waals surface area contributed by atoms with Crippen molar-refractivity contribution in [3.63, 3.8) is 0 Å². The zero-order valence-corrected chi connectivity index (χ0v) is 9.77. The highest BCUT2D eigenvalue weighted by molar-refractivity contribution is 6.17. The average molecular weight is 235 g/mol. The van der Waals surface area contributed by atoms with Crippen molar-refractivity contribution < 1.29 is 5.11 Å². The number of hydrogen-bond acceptors (Lipinski definition) is 1. The molecule has 0 saturated carbocycles. The predicted molar refractivity (Wildman–Crippen MR) is 68.4 cm³/mol. The van der Waals surface area contributed by atoms with Crippen molar-refractivity contribution in [2.24, 2.45) is 0 Å². The second kappa shape index (κ2) is 7.91. The van der Waals surface area contributed by atoms with Gasteiger partial charge in [0.05, 0.1) is 6.61 Å². The van der Waals surface area contributed by atoms with E-state index in [-0.39, 0.29) is 6.61 Å². The zero-order valence-electron chi connectivity index (χ0n) is 9.01. The highest BCUT2D eigenvalue weighted by Crippen LogP contribution is 2.00. The Morgan fingerprint density at radius 1 is 0.750 bits per heavy atom. The van der Waals surface area contributed by atoms with Crippen LogP contribution in [-0.4, -0.2) is 5.11 Å². The zero-order chi connectivity index (χ0) is 11.6. The highest BCUT2D eigenvalue weighted by Gasteiger charge is 1.82. The van der Waals surface area contributed by atoms with Crippen LogP contribution in [-0.2, 0) is 12.5 Å². The molecule has 0 bridgehead atoms. The molecule has 0 amide bonds. The summed E-state index contributed by atoms with van der Waals surface area (Å²) in [6, 6.07) is 19.5. The van der Waals surface area contributed by atoms with Gasteiger partial charge in [-0.1, -0.05) is 60.7 Å². The monoisotopic (exact) mass is 234 g/mol. The van der Waals surface area contributed by atoms with Crippen LogP contribution in [0.15, 0.2) is 60.7 Å². The van der Waals surface area contributed by atoms with E-state index in [0.717, 1.165) is 5.56 Å². The molecule has 0 fully saturated rings. The van der Waals surface area contributed by atoms with Gasteiger partial charge < -0.3 is 5.11 Å². The number of rotatable bonds is 2. The summed E-state index contributed by atoms with van der Waals surface area (Å²) in [6.07, 6.45) is 0. The van der Waals surface area contributed by atoms with E-state index < -0.39 is 0 Å². The highest BCUT2D eigenvalue weighted by atomic mass is 35.5. The molecule has 0 heterocycles. The van der Waals surface area contributed by atoms with E-state index in [4.69, 9.17) is 16.7 Å². The molecule has 1 N–H and O–H groups in total. The van der Waals surface area contributed by atoms with E-state index >= 15 is 0 Å². The maximum atomic E-state index is 8.54. The van der Waals surface area contributed by atoms with Crippen molar-refractivity contribution in [3.05, 3.63) is 71.8 Å². The molecule has 2 rings (SSSR count). The lowest BCUT2D eigenvalue weighted by Crippen LogP contribution is -1.77. The number of benzene rings is 2. The van der Waals surface area contributed by atoms with E-state index in [1.165, 1.54) is 5.56 Å². The normalized spacial score (nSPS) is 9.12. The molecule has 0 aromatic heterocycles. The largest absolute Gasteiger partial charge is 0.392 e. The van der Waals surface area contributed by atoms with Crippen molar-refractivity contribution in [1.82, 2.24) is 0 Å². The third kappa shape index (κ3) is 4.96. The summed E-state index contributed by atoms with van der Waals surface area (Å²) in [6.45, 7) is 0.140. The number of aliphatic hydroxyl groups excluding tert-OH is 1. The molecule has 0 aliphatic carbocycles. The van der Waals surface area contributed by atoms with Crippen LogP contribution < -0.4 is 0 Å². The van der Waals surface area contributed by atoms with Crippen molar-refractivity contribution in [2.45, 2.75) is 12.5 Å². The Kier molecular flexibility index (Phi) is 6.31. The first-order valence-electron chi connectivity index (χ1n) is 5.11. The minimum atomic E-state index is 0.140. The van der Waals surface area contributed by atoms with Crippen molar-refractivity contribution >= 4 is 11.6 Å². The number of halogens is 1. The Hall–Kier alpha value is -1.31. The van der Waals surface area contributed by atoms with Crippen LogP contribution in [0, 0.1) is 0 Å². The Bertz CT molecular complexity index is 333. The van der Waals surface area contributed by atoms with Crippen LogP contribution in [0.5, 0.6) is 0 Å². The molecule has 0 radical (unpaired) electrons. The van der Waals surface area contributed by atoms with E-state index in [2.05, 4.69) is 0 Å². The molecular formula is C14H15ClO. The molecular weight excluding hydrogens is 220 g/mol. The lowest BCUT2D eigenvalue weighted by atomic mass is 10.2. The topological polar surface area (TPSA) is 20.2 Å². The van der Waals surface area contributed by atoms with Crippen molar-refractivity contribution in [1.29, 1.82) is 0 Å². The van der Waals surface area contributed by atoms with E-state index in [1.807, 2.05) is 60.7 Å². The molecule has 0 aliphatic rings. The lowest BCUT2D eigenvalue weighted by Gasteiger charge is -1.89. The van der Waals surface area contributed by atoms with Gasteiger partial charge >= 0.3 is 0 Å². The third-order valence-electron chi connectivity index (χ3n) is 2.02. The van der Waals surface area contributed by atoms with Crippen LogP contribution in [0.2, 0.25) is 0 Å². The predicted octanol–water partition coefficient (Wildman–Crippen LogP) is 3.60. The van der Waals surface area contributed by atoms with Crippen molar-refractivity contribution in [2.75, 3.05) is 0 Å². The second-order valence-corrected chi connectivity index (χ2v) is 3.53. The van der Waals surface area contributed by atoms with Gasteiger partial charge in [-0.25, -0.2) is 0 Å². The average Bonchev–Trinajstić information content (AvgIpc) is 2.41. The fraction of sp³-hybridized carbons (Fsp3) is 0.143. The smallest absolute Gasteiger partial charge is 0.0681 e. The van der Waals surface area contributed by atoms with Crippen LogP contribution in [0.3, 0.4) is 0 Å². The quantitative estimate of drug-likeness (QED) is 0.788. The van der Waals surface area contributed by atoms with Crippen LogP contribution in [0.4, 0.5) is 0 Å².